The Morgan fingerprint density at radius 3 is 2.61 bits per heavy atom. The van der Waals surface area contributed by atoms with E-state index in [0.717, 1.165) is 31.8 Å². The van der Waals surface area contributed by atoms with Crippen LogP contribution in [-0.2, 0) is 6.42 Å². The molecule has 0 saturated heterocycles. The molecule has 4 rings (SSSR count). The monoisotopic (exact) mass is 341 g/mol. The SMILES string of the molecule is Oc1ccc(Cc2cnc3ccc(-c4ccc(Cl)s4)nn23)cc1. The molecule has 0 aliphatic carbocycles. The third-order valence-electron chi connectivity index (χ3n) is 3.58. The van der Waals surface area contributed by atoms with E-state index in [1.165, 1.54) is 11.3 Å². The van der Waals surface area contributed by atoms with E-state index in [0.29, 0.717) is 6.42 Å². The van der Waals surface area contributed by atoms with Gasteiger partial charge < -0.3 is 5.11 Å². The summed E-state index contributed by atoms with van der Waals surface area (Å²) < 4.78 is 2.60. The first-order valence-electron chi connectivity index (χ1n) is 7.06. The quantitative estimate of drug-likeness (QED) is 0.600. The first-order valence-corrected chi connectivity index (χ1v) is 8.26. The Kier molecular flexibility index (Phi) is 3.52. The van der Waals surface area contributed by atoms with Gasteiger partial charge in [-0.1, -0.05) is 23.7 Å². The van der Waals surface area contributed by atoms with Gasteiger partial charge in [0.25, 0.3) is 0 Å². The fourth-order valence-electron chi connectivity index (χ4n) is 2.45. The molecule has 114 valence electrons. The summed E-state index contributed by atoms with van der Waals surface area (Å²) in [7, 11) is 0. The standard InChI is InChI=1S/C17H12ClN3OS/c18-16-7-6-15(23-16)14-5-8-17-19-10-12(21(17)20-14)9-11-1-3-13(22)4-2-11/h1-8,10,22H,9H2. The van der Waals surface area contributed by atoms with Crippen molar-refractivity contribution in [3.63, 3.8) is 0 Å². The van der Waals surface area contributed by atoms with Crippen LogP contribution in [0.15, 0.2) is 54.7 Å². The summed E-state index contributed by atoms with van der Waals surface area (Å²) >= 11 is 7.51. The molecule has 1 N–H and O–H groups in total. The number of halogens is 1. The number of nitrogens with zero attached hydrogens (tertiary/aromatic N) is 3. The minimum Gasteiger partial charge on any atom is -0.508 e. The molecule has 0 amide bonds. The van der Waals surface area contributed by atoms with Gasteiger partial charge in [0, 0.05) is 6.42 Å². The molecule has 3 aromatic heterocycles. The summed E-state index contributed by atoms with van der Waals surface area (Å²) in [6.45, 7) is 0. The van der Waals surface area contributed by atoms with Crippen LogP contribution in [-0.4, -0.2) is 19.7 Å². The van der Waals surface area contributed by atoms with Gasteiger partial charge in [-0.3, -0.25) is 0 Å². The van der Waals surface area contributed by atoms with Crippen molar-refractivity contribution in [2.45, 2.75) is 6.42 Å². The van der Waals surface area contributed by atoms with E-state index in [1.54, 1.807) is 12.1 Å². The molecule has 0 radical (unpaired) electrons. The Bertz CT molecular complexity index is 975. The van der Waals surface area contributed by atoms with E-state index in [9.17, 15) is 5.11 Å². The molecule has 6 heteroatoms. The molecule has 0 aliphatic rings. The van der Waals surface area contributed by atoms with Gasteiger partial charge in [0.05, 0.1) is 21.1 Å². The fraction of sp³-hybridized carbons (Fsp3) is 0.0588. The average molecular weight is 342 g/mol. The molecule has 1 aromatic carbocycles. The zero-order chi connectivity index (χ0) is 15.8. The van der Waals surface area contributed by atoms with Crippen molar-refractivity contribution < 1.29 is 5.11 Å². The van der Waals surface area contributed by atoms with Gasteiger partial charge in [-0.05, 0) is 42.0 Å². The minimum absolute atomic E-state index is 0.266. The van der Waals surface area contributed by atoms with E-state index < -0.39 is 0 Å². The van der Waals surface area contributed by atoms with Crippen molar-refractivity contribution in [1.82, 2.24) is 14.6 Å². The highest BCUT2D eigenvalue weighted by Crippen LogP contribution is 2.29. The molecule has 0 atom stereocenters. The van der Waals surface area contributed by atoms with E-state index in [1.807, 2.05) is 47.1 Å². The summed E-state index contributed by atoms with van der Waals surface area (Å²) in [5.41, 5.74) is 3.77. The van der Waals surface area contributed by atoms with Gasteiger partial charge in [0.2, 0.25) is 0 Å². The summed E-state index contributed by atoms with van der Waals surface area (Å²) in [6, 6.07) is 14.9. The molecule has 4 nitrogen and oxygen atoms in total. The molecule has 0 unspecified atom stereocenters. The molecule has 0 saturated carbocycles. The zero-order valence-electron chi connectivity index (χ0n) is 12.0. The largest absolute Gasteiger partial charge is 0.508 e. The van der Waals surface area contributed by atoms with E-state index >= 15 is 0 Å². The number of fused-ring (bicyclic) bond motifs is 1. The number of aromatic nitrogens is 3. The van der Waals surface area contributed by atoms with Crippen LogP contribution in [0.4, 0.5) is 0 Å². The normalized spacial score (nSPS) is 11.2. The molecule has 0 bridgehead atoms. The van der Waals surface area contributed by atoms with E-state index in [2.05, 4.69) is 10.1 Å². The molecular formula is C17H12ClN3OS. The zero-order valence-corrected chi connectivity index (χ0v) is 13.6. The molecular weight excluding hydrogens is 330 g/mol. The Morgan fingerprint density at radius 2 is 1.87 bits per heavy atom. The number of phenolic OH excluding ortho intramolecular Hbond substituents is 1. The van der Waals surface area contributed by atoms with E-state index in [-0.39, 0.29) is 5.75 Å². The molecule has 3 heterocycles. The number of hydrogen-bond acceptors (Lipinski definition) is 4. The highest BCUT2D eigenvalue weighted by molar-refractivity contribution is 7.19. The van der Waals surface area contributed by atoms with Crippen molar-refractivity contribution >= 4 is 28.6 Å². The molecule has 0 fully saturated rings. The molecule has 0 spiro atoms. The van der Waals surface area contributed by atoms with Crippen LogP contribution in [0.3, 0.4) is 0 Å². The lowest BCUT2D eigenvalue weighted by Gasteiger charge is -2.04. The lowest BCUT2D eigenvalue weighted by Crippen LogP contribution is -1.99. The maximum Gasteiger partial charge on any atom is 0.153 e. The Morgan fingerprint density at radius 1 is 1.04 bits per heavy atom. The van der Waals surface area contributed by atoms with Crippen LogP contribution >= 0.6 is 22.9 Å². The van der Waals surface area contributed by atoms with Crippen molar-refractivity contribution in [3.8, 4) is 16.3 Å². The third kappa shape index (κ3) is 2.81. The Balaban J connectivity index is 1.74. The highest BCUT2D eigenvalue weighted by Gasteiger charge is 2.09. The lowest BCUT2D eigenvalue weighted by atomic mass is 10.1. The average Bonchev–Trinajstić information content (AvgIpc) is 3.16. The van der Waals surface area contributed by atoms with Gasteiger partial charge in [0.1, 0.15) is 11.4 Å². The van der Waals surface area contributed by atoms with Gasteiger partial charge in [-0.2, -0.15) is 5.10 Å². The predicted molar refractivity (Wildman–Crippen MR) is 92.2 cm³/mol. The van der Waals surface area contributed by atoms with Gasteiger partial charge in [-0.15, -0.1) is 11.3 Å². The number of imidazole rings is 1. The molecule has 23 heavy (non-hydrogen) atoms. The first-order chi connectivity index (χ1) is 11.2. The summed E-state index contributed by atoms with van der Waals surface area (Å²) in [4.78, 5) is 5.43. The van der Waals surface area contributed by atoms with Crippen LogP contribution in [0.5, 0.6) is 5.75 Å². The second-order valence-electron chi connectivity index (χ2n) is 5.19. The van der Waals surface area contributed by atoms with Gasteiger partial charge >= 0.3 is 0 Å². The second kappa shape index (κ2) is 5.68. The van der Waals surface area contributed by atoms with Gasteiger partial charge in [-0.25, -0.2) is 9.50 Å². The van der Waals surface area contributed by atoms with E-state index in [4.69, 9.17) is 11.6 Å². The summed E-state index contributed by atoms with van der Waals surface area (Å²) in [5, 5.41) is 14.1. The number of hydrogen-bond donors (Lipinski definition) is 1. The lowest BCUT2D eigenvalue weighted by molar-refractivity contribution is 0.475. The van der Waals surface area contributed by atoms with Crippen LogP contribution in [0, 0.1) is 0 Å². The van der Waals surface area contributed by atoms with Crippen LogP contribution in [0.25, 0.3) is 16.2 Å². The van der Waals surface area contributed by atoms with Crippen molar-refractivity contribution in [2.24, 2.45) is 0 Å². The first kappa shape index (κ1) is 14.2. The smallest absolute Gasteiger partial charge is 0.153 e. The maximum atomic E-state index is 9.38. The Hall–Kier alpha value is -2.37. The topological polar surface area (TPSA) is 50.4 Å². The summed E-state index contributed by atoms with van der Waals surface area (Å²) in [6.07, 6.45) is 2.53. The number of benzene rings is 1. The van der Waals surface area contributed by atoms with Crippen LogP contribution < -0.4 is 0 Å². The van der Waals surface area contributed by atoms with Crippen molar-refractivity contribution in [1.29, 1.82) is 0 Å². The predicted octanol–water partition coefficient (Wildman–Crippen LogP) is 4.41. The fourth-order valence-corrected chi connectivity index (χ4v) is 3.46. The third-order valence-corrected chi connectivity index (χ3v) is 4.83. The molecule has 4 aromatic rings. The van der Waals surface area contributed by atoms with Gasteiger partial charge in [0.15, 0.2) is 5.65 Å². The molecule has 0 aliphatic heterocycles. The van der Waals surface area contributed by atoms with Crippen molar-refractivity contribution in [2.75, 3.05) is 0 Å². The minimum atomic E-state index is 0.266. The number of phenols is 1. The summed E-state index contributed by atoms with van der Waals surface area (Å²) in [5.74, 6) is 0.266. The van der Waals surface area contributed by atoms with Crippen LogP contribution in [0.1, 0.15) is 11.3 Å². The number of aromatic hydroxyl groups is 1. The second-order valence-corrected chi connectivity index (χ2v) is 6.90. The Labute approximate surface area is 141 Å². The maximum absolute atomic E-state index is 9.38. The van der Waals surface area contributed by atoms with Crippen LogP contribution in [0.2, 0.25) is 4.34 Å². The number of thiophene rings is 1. The number of rotatable bonds is 3. The van der Waals surface area contributed by atoms with Crippen molar-refractivity contribution in [3.05, 3.63) is 70.3 Å². The highest BCUT2D eigenvalue weighted by atomic mass is 35.5.